The standard InChI is InChI=1S/C28H27N5O5/c1-37-25-12-11-19(33(35)36)17-23(25)30-28(34)22-18-29-27(21-8-4-3-7-20(21)22)32-15-13-31(14-16-32)24-9-5-6-10-26(24)38-2/h3-12,17-18H,13-16H2,1-2H3,(H,30,34). The summed E-state index contributed by atoms with van der Waals surface area (Å²) < 4.78 is 10.8. The second-order valence-electron chi connectivity index (χ2n) is 8.78. The van der Waals surface area contributed by atoms with E-state index in [9.17, 15) is 14.9 Å². The molecule has 0 saturated carbocycles. The van der Waals surface area contributed by atoms with Crippen molar-refractivity contribution < 1.29 is 19.2 Å². The van der Waals surface area contributed by atoms with Gasteiger partial charge in [0, 0.05) is 49.9 Å². The minimum atomic E-state index is -0.519. The number of nitro benzene ring substituents is 1. The number of nitrogens with one attached hydrogen (secondary N) is 1. The maximum absolute atomic E-state index is 13.3. The molecule has 1 fully saturated rings. The van der Waals surface area contributed by atoms with Crippen LogP contribution in [0, 0.1) is 10.1 Å². The number of nitrogens with zero attached hydrogens (tertiary/aromatic N) is 4. The zero-order chi connectivity index (χ0) is 26.6. The molecule has 0 unspecified atom stereocenters. The average molecular weight is 514 g/mol. The summed E-state index contributed by atoms with van der Waals surface area (Å²) in [7, 11) is 3.12. The van der Waals surface area contributed by atoms with Gasteiger partial charge in [0.05, 0.1) is 36.1 Å². The van der Waals surface area contributed by atoms with Crippen molar-refractivity contribution in [1.29, 1.82) is 0 Å². The molecule has 4 aromatic rings. The van der Waals surface area contributed by atoms with Crippen LogP contribution in [0.4, 0.5) is 22.9 Å². The summed E-state index contributed by atoms with van der Waals surface area (Å²) in [4.78, 5) is 33.2. The Morgan fingerprint density at radius 1 is 0.895 bits per heavy atom. The van der Waals surface area contributed by atoms with E-state index < -0.39 is 10.8 Å². The number of hydrogen-bond acceptors (Lipinski definition) is 8. The van der Waals surface area contributed by atoms with Gasteiger partial charge in [0.2, 0.25) is 0 Å². The molecule has 1 aliphatic rings. The smallest absolute Gasteiger partial charge is 0.271 e. The molecule has 0 aliphatic carbocycles. The van der Waals surface area contributed by atoms with Crippen molar-refractivity contribution in [1.82, 2.24) is 4.98 Å². The number of aromatic nitrogens is 1. The molecule has 10 heteroatoms. The zero-order valence-electron chi connectivity index (χ0n) is 21.1. The SMILES string of the molecule is COc1ccc([N+](=O)[O-])cc1NC(=O)c1cnc(N2CCN(c3ccccc3OC)CC2)c2ccccc12. The number of nitro groups is 1. The van der Waals surface area contributed by atoms with E-state index in [1.807, 2.05) is 42.5 Å². The molecule has 3 aromatic carbocycles. The van der Waals surface area contributed by atoms with Crippen LogP contribution in [0.2, 0.25) is 0 Å². The second-order valence-corrected chi connectivity index (χ2v) is 8.78. The highest BCUT2D eigenvalue weighted by molar-refractivity contribution is 6.14. The van der Waals surface area contributed by atoms with Crippen molar-refractivity contribution in [2.45, 2.75) is 0 Å². The van der Waals surface area contributed by atoms with Crippen LogP contribution in [-0.4, -0.2) is 56.2 Å². The first-order chi connectivity index (χ1) is 18.5. The Morgan fingerprint density at radius 2 is 1.55 bits per heavy atom. The van der Waals surface area contributed by atoms with Gasteiger partial charge in [0.1, 0.15) is 17.3 Å². The molecule has 38 heavy (non-hydrogen) atoms. The van der Waals surface area contributed by atoms with E-state index in [1.54, 1.807) is 13.3 Å². The number of rotatable bonds is 7. The highest BCUT2D eigenvalue weighted by Crippen LogP contribution is 2.33. The van der Waals surface area contributed by atoms with Gasteiger partial charge >= 0.3 is 0 Å². The van der Waals surface area contributed by atoms with E-state index in [-0.39, 0.29) is 11.4 Å². The predicted octanol–water partition coefficient (Wildman–Crippen LogP) is 4.74. The normalized spacial score (nSPS) is 13.3. The molecule has 2 heterocycles. The average Bonchev–Trinajstić information content (AvgIpc) is 2.96. The fourth-order valence-corrected chi connectivity index (χ4v) is 4.76. The number of non-ortho nitro benzene ring substituents is 1. The number of carbonyl (C=O) groups excluding carboxylic acids is 1. The summed E-state index contributed by atoms with van der Waals surface area (Å²) in [5, 5.41) is 15.6. The van der Waals surface area contributed by atoms with Gasteiger partial charge in [-0.25, -0.2) is 4.98 Å². The second kappa shape index (κ2) is 10.6. The topological polar surface area (TPSA) is 110 Å². The molecule has 0 spiro atoms. The number of pyridine rings is 1. The zero-order valence-corrected chi connectivity index (χ0v) is 21.1. The number of anilines is 3. The number of carbonyl (C=O) groups is 1. The lowest BCUT2D eigenvalue weighted by Gasteiger charge is -2.37. The van der Waals surface area contributed by atoms with Gasteiger partial charge in [-0.3, -0.25) is 14.9 Å². The van der Waals surface area contributed by atoms with E-state index in [1.165, 1.54) is 25.3 Å². The maximum atomic E-state index is 13.3. The Morgan fingerprint density at radius 3 is 2.26 bits per heavy atom. The molecule has 10 nitrogen and oxygen atoms in total. The van der Waals surface area contributed by atoms with Crippen molar-refractivity contribution in [2.24, 2.45) is 0 Å². The minimum absolute atomic E-state index is 0.147. The first kappa shape index (κ1) is 24.8. The van der Waals surface area contributed by atoms with Gasteiger partial charge < -0.3 is 24.6 Å². The molecule has 0 radical (unpaired) electrons. The van der Waals surface area contributed by atoms with E-state index in [0.29, 0.717) is 11.3 Å². The van der Waals surface area contributed by atoms with Crippen LogP contribution in [-0.2, 0) is 0 Å². The van der Waals surface area contributed by atoms with Crippen LogP contribution < -0.4 is 24.6 Å². The third kappa shape index (κ3) is 4.75. The fraction of sp³-hybridized carbons (Fsp3) is 0.214. The molecule has 0 bridgehead atoms. The van der Waals surface area contributed by atoms with Crippen LogP contribution in [0.1, 0.15) is 10.4 Å². The van der Waals surface area contributed by atoms with Crippen molar-refractivity contribution in [2.75, 3.05) is 55.5 Å². The maximum Gasteiger partial charge on any atom is 0.271 e. The highest BCUT2D eigenvalue weighted by Gasteiger charge is 2.24. The van der Waals surface area contributed by atoms with Crippen LogP contribution >= 0.6 is 0 Å². The Labute approximate surface area is 219 Å². The first-order valence-corrected chi connectivity index (χ1v) is 12.1. The number of methoxy groups -OCH3 is 2. The lowest BCUT2D eigenvalue weighted by atomic mass is 10.1. The number of fused-ring (bicyclic) bond motifs is 1. The summed E-state index contributed by atoms with van der Waals surface area (Å²) in [5.74, 6) is 1.55. The third-order valence-electron chi connectivity index (χ3n) is 6.67. The summed E-state index contributed by atoms with van der Waals surface area (Å²) in [5.41, 5.74) is 1.50. The molecular weight excluding hydrogens is 486 g/mol. The van der Waals surface area contributed by atoms with Crippen LogP contribution in [0.3, 0.4) is 0 Å². The van der Waals surface area contributed by atoms with Gasteiger partial charge in [0.25, 0.3) is 11.6 Å². The van der Waals surface area contributed by atoms with Crippen LogP contribution in [0.5, 0.6) is 11.5 Å². The highest BCUT2D eigenvalue weighted by atomic mass is 16.6. The van der Waals surface area contributed by atoms with E-state index >= 15 is 0 Å². The molecule has 5 rings (SSSR count). The third-order valence-corrected chi connectivity index (χ3v) is 6.67. The molecule has 1 saturated heterocycles. The van der Waals surface area contributed by atoms with Crippen molar-refractivity contribution in [3.8, 4) is 11.5 Å². The summed E-state index contributed by atoms with van der Waals surface area (Å²) >= 11 is 0. The fourth-order valence-electron chi connectivity index (χ4n) is 4.76. The Balaban J connectivity index is 1.40. The summed E-state index contributed by atoms with van der Waals surface area (Å²) in [6.07, 6.45) is 1.56. The first-order valence-electron chi connectivity index (χ1n) is 12.1. The Bertz CT molecular complexity index is 1500. The molecule has 1 aromatic heterocycles. The molecule has 194 valence electrons. The predicted molar refractivity (Wildman–Crippen MR) is 147 cm³/mol. The molecule has 1 aliphatic heterocycles. The largest absolute Gasteiger partial charge is 0.495 e. The van der Waals surface area contributed by atoms with E-state index in [4.69, 9.17) is 14.5 Å². The van der Waals surface area contributed by atoms with Crippen molar-refractivity contribution in [3.05, 3.63) is 88.6 Å². The molecular formula is C28H27N5O5. The minimum Gasteiger partial charge on any atom is -0.495 e. The Kier molecular flexibility index (Phi) is 6.94. The van der Waals surface area contributed by atoms with Crippen LogP contribution in [0.15, 0.2) is 72.9 Å². The molecule has 0 atom stereocenters. The van der Waals surface area contributed by atoms with Crippen molar-refractivity contribution in [3.63, 3.8) is 0 Å². The summed E-state index contributed by atoms with van der Waals surface area (Å²) in [6, 6.07) is 19.7. The number of ether oxygens (including phenoxy) is 2. The van der Waals surface area contributed by atoms with Gasteiger partial charge in [-0.1, -0.05) is 36.4 Å². The molecule has 1 amide bonds. The van der Waals surface area contributed by atoms with E-state index in [0.717, 1.165) is 54.2 Å². The van der Waals surface area contributed by atoms with Gasteiger partial charge in [-0.05, 0) is 23.6 Å². The molecule has 1 N–H and O–H groups in total. The number of amides is 1. The Hall–Kier alpha value is -4.86. The summed E-state index contributed by atoms with van der Waals surface area (Å²) in [6.45, 7) is 3.10. The number of para-hydroxylation sites is 2. The van der Waals surface area contributed by atoms with Crippen molar-refractivity contribution >= 4 is 39.6 Å². The number of hydrogen-bond donors (Lipinski definition) is 1. The van der Waals surface area contributed by atoms with Gasteiger partial charge in [0.15, 0.2) is 0 Å². The van der Waals surface area contributed by atoms with E-state index in [2.05, 4.69) is 21.2 Å². The van der Waals surface area contributed by atoms with Gasteiger partial charge in [-0.2, -0.15) is 0 Å². The number of piperazine rings is 1. The lowest BCUT2D eigenvalue weighted by molar-refractivity contribution is -0.384. The number of benzene rings is 3. The monoisotopic (exact) mass is 513 g/mol. The van der Waals surface area contributed by atoms with Gasteiger partial charge in [-0.15, -0.1) is 0 Å². The lowest BCUT2D eigenvalue weighted by Crippen LogP contribution is -2.47. The van der Waals surface area contributed by atoms with Crippen LogP contribution in [0.25, 0.3) is 10.8 Å². The quantitative estimate of drug-likeness (QED) is 0.279.